The molecule has 1 rings (SSSR count). The van der Waals surface area contributed by atoms with E-state index >= 15 is 0 Å². The molecule has 1 aromatic carbocycles. The Kier molecular flexibility index (Phi) is 7.96. The van der Waals surface area contributed by atoms with Crippen LogP contribution in [0.4, 0.5) is 0 Å². The quantitative estimate of drug-likeness (QED) is 0.506. The van der Waals surface area contributed by atoms with Gasteiger partial charge in [-0.1, -0.05) is 85.9 Å². The van der Waals surface area contributed by atoms with Gasteiger partial charge in [0.25, 0.3) is 0 Å². The molecule has 0 aliphatic heterocycles. The molecule has 0 aromatic heterocycles. The molecule has 0 aliphatic rings. The fourth-order valence-electron chi connectivity index (χ4n) is 4.14. The Morgan fingerprint density at radius 1 is 1.08 bits per heavy atom. The lowest BCUT2D eigenvalue weighted by atomic mass is 9.72. The molecule has 2 atom stereocenters. The molecule has 0 spiro atoms. The highest BCUT2D eigenvalue weighted by Gasteiger charge is 2.35. The van der Waals surface area contributed by atoms with E-state index < -0.39 is 7.37 Å². The highest BCUT2D eigenvalue weighted by Crippen LogP contribution is 2.47. The lowest BCUT2D eigenvalue weighted by Gasteiger charge is -2.35. The van der Waals surface area contributed by atoms with E-state index in [9.17, 15) is 9.46 Å². The Morgan fingerprint density at radius 3 is 2.20 bits per heavy atom. The largest absolute Gasteiger partial charge is 0.341 e. The van der Waals surface area contributed by atoms with Crippen LogP contribution in [0.3, 0.4) is 0 Å². The van der Waals surface area contributed by atoms with Crippen molar-refractivity contribution in [3.8, 4) is 0 Å². The summed E-state index contributed by atoms with van der Waals surface area (Å²) in [5, 5.41) is 0.680. The summed E-state index contributed by atoms with van der Waals surface area (Å²) in [6.07, 6.45) is 5.68. The number of rotatable bonds is 9. The van der Waals surface area contributed by atoms with Crippen LogP contribution in [0.2, 0.25) is 0 Å². The van der Waals surface area contributed by atoms with Crippen LogP contribution >= 0.6 is 7.37 Å². The van der Waals surface area contributed by atoms with Gasteiger partial charge in [0, 0.05) is 11.5 Å². The fraction of sp³-hybridized carbons (Fsp3) is 0.727. The summed E-state index contributed by atoms with van der Waals surface area (Å²) in [5.41, 5.74) is 1.09. The van der Waals surface area contributed by atoms with Gasteiger partial charge in [-0.05, 0) is 41.2 Å². The van der Waals surface area contributed by atoms with Crippen LogP contribution in [-0.4, -0.2) is 11.1 Å². The average molecular weight is 367 g/mol. The molecule has 0 bridgehead atoms. The van der Waals surface area contributed by atoms with Crippen LogP contribution in [0.15, 0.2) is 24.3 Å². The Hall–Kier alpha value is -0.590. The van der Waals surface area contributed by atoms with Gasteiger partial charge in [-0.2, -0.15) is 0 Å². The molecule has 2 unspecified atom stereocenters. The van der Waals surface area contributed by atoms with Gasteiger partial charge in [0.1, 0.15) is 0 Å². The molecule has 0 heterocycles. The standard InChI is InChI=1S/C22H39O2P/c1-8-10-13-18(9-2)16-25(23,24)20-15-12-11-14-19(20)22(6,7)17-21(3,4)5/h11-12,14-15,18H,8-10,13,16-17H2,1-7H3,(H,23,24). The third-order valence-corrected chi connectivity index (χ3v) is 7.18. The van der Waals surface area contributed by atoms with Crippen molar-refractivity contribution in [3.05, 3.63) is 29.8 Å². The van der Waals surface area contributed by atoms with Crippen molar-refractivity contribution in [3.63, 3.8) is 0 Å². The number of hydrogen-bond donors (Lipinski definition) is 1. The van der Waals surface area contributed by atoms with E-state index in [4.69, 9.17) is 0 Å². The third kappa shape index (κ3) is 6.91. The fourth-order valence-corrected chi connectivity index (χ4v) is 6.55. The van der Waals surface area contributed by atoms with Gasteiger partial charge in [-0.25, -0.2) is 0 Å². The lowest BCUT2D eigenvalue weighted by molar-refractivity contribution is 0.284. The molecule has 144 valence electrons. The molecule has 0 radical (unpaired) electrons. The second kappa shape index (κ2) is 8.87. The first-order valence-electron chi connectivity index (χ1n) is 9.85. The maximum absolute atomic E-state index is 13.3. The van der Waals surface area contributed by atoms with Crippen LogP contribution in [0.1, 0.15) is 86.1 Å². The molecule has 1 aromatic rings. The van der Waals surface area contributed by atoms with Crippen LogP contribution in [0, 0.1) is 11.3 Å². The molecule has 0 saturated carbocycles. The smallest absolute Gasteiger partial charge is 0.230 e. The van der Waals surface area contributed by atoms with E-state index in [-0.39, 0.29) is 10.8 Å². The first kappa shape index (κ1) is 22.5. The van der Waals surface area contributed by atoms with E-state index in [0.717, 1.165) is 37.7 Å². The maximum atomic E-state index is 13.3. The molecule has 0 saturated heterocycles. The Bertz CT molecular complexity index is 584. The first-order chi connectivity index (χ1) is 11.4. The second-order valence-electron chi connectivity index (χ2n) is 9.44. The van der Waals surface area contributed by atoms with Crippen molar-refractivity contribution >= 4 is 12.7 Å². The minimum atomic E-state index is -3.36. The Labute approximate surface area is 155 Å². The molecule has 0 fully saturated rings. The SMILES string of the molecule is CCCCC(CC)CP(=O)(O)c1ccccc1C(C)(C)CC(C)(C)C. The van der Waals surface area contributed by atoms with Crippen molar-refractivity contribution in [2.75, 3.05) is 6.16 Å². The summed E-state index contributed by atoms with van der Waals surface area (Å²) in [6.45, 7) is 15.4. The van der Waals surface area contributed by atoms with Gasteiger partial charge in [0.15, 0.2) is 0 Å². The zero-order chi connectivity index (χ0) is 19.3. The van der Waals surface area contributed by atoms with Crippen LogP contribution < -0.4 is 5.30 Å². The summed E-state index contributed by atoms with van der Waals surface area (Å²) >= 11 is 0. The van der Waals surface area contributed by atoms with Crippen molar-refractivity contribution in [2.24, 2.45) is 11.3 Å². The molecule has 2 nitrogen and oxygen atoms in total. The summed E-state index contributed by atoms with van der Waals surface area (Å²) in [6, 6.07) is 7.84. The van der Waals surface area contributed by atoms with Crippen LogP contribution in [0.5, 0.6) is 0 Å². The predicted molar refractivity (Wildman–Crippen MR) is 111 cm³/mol. The molecular formula is C22H39O2P. The predicted octanol–water partition coefficient (Wildman–Crippen LogP) is 6.51. The Balaban J connectivity index is 3.18. The highest BCUT2D eigenvalue weighted by atomic mass is 31.2. The number of unbranched alkanes of at least 4 members (excludes halogenated alkanes) is 1. The zero-order valence-electron chi connectivity index (χ0n) is 17.4. The normalized spacial score (nSPS) is 16.5. The molecular weight excluding hydrogens is 327 g/mol. The minimum Gasteiger partial charge on any atom is -0.341 e. The van der Waals surface area contributed by atoms with Crippen molar-refractivity contribution in [2.45, 2.75) is 86.0 Å². The third-order valence-electron chi connectivity index (χ3n) is 5.03. The summed E-state index contributed by atoms with van der Waals surface area (Å²) in [5.74, 6) is 0.328. The summed E-state index contributed by atoms with van der Waals surface area (Å²) < 4.78 is 13.3. The van der Waals surface area contributed by atoms with Crippen molar-refractivity contribution < 1.29 is 9.46 Å². The molecule has 1 N–H and O–H groups in total. The van der Waals surface area contributed by atoms with E-state index in [1.54, 1.807) is 0 Å². The van der Waals surface area contributed by atoms with Gasteiger partial charge in [-0.15, -0.1) is 0 Å². The highest BCUT2D eigenvalue weighted by molar-refractivity contribution is 7.66. The van der Waals surface area contributed by atoms with Crippen LogP contribution in [-0.2, 0) is 9.98 Å². The first-order valence-corrected chi connectivity index (χ1v) is 11.7. The lowest BCUT2D eigenvalue weighted by Crippen LogP contribution is -2.31. The monoisotopic (exact) mass is 366 g/mol. The number of benzene rings is 1. The molecule has 0 aliphatic carbocycles. The van der Waals surface area contributed by atoms with Gasteiger partial charge in [0.2, 0.25) is 7.37 Å². The second-order valence-corrected chi connectivity index (χ2v) is 11.7. The van der Waals surface area contributed by atoms with Gasteiger partial charge < -0.3 is 4.89 Å². The maximum Gasteiger partial charge on any atom is 0.230 e. The topological polar surface area (TPSA) is 37.3 Å². The van der Waals surface area contributed by atoms with Crippen LogP contribution in [0.25, 0.3) is 0 Å². The molecule has 25 heavy (non-hydrogen) atoms. The minimum absolute atomic E-state index is 0.127. The van der Waals surface area contributed by atoms with E-state index in [0.29, 0.717) is 17.4 Å². The summed E-state index contributed by atoms with van der Waals surface area (Å²) in [7, 11) is -3.36. The number of hydrogen-bond acceptors (Lipinski definition) is 1. The Morgan fingerprint density at radius 2 is 1.68 bits per heavy atom. The van der Waals surface area contributed by atoms with E-state index in [1.807, 2.05) is 18.2 Å². The van der Waals surface area contributed by atoms with Gasteiger partial charge in [-0.3, -0.25) is 4.57 Å². The molecule has 3 heteroatoms. The van der Waals surface area contributed by atoms with E-state index in [2.05, 4.69) is 54.5 Å². The average Bonchev–Trinajstić information content (AvgIpc) is 2.49. The summed E-state index contributed by atoms with van der Waals surface area (Å²) in [4.78, 5) is 11.0. The van der Waals surface area contributed by atoms with Gasteiger partial charge >= 0.3 is 0 Å². The van der Waals surface area contributed by atoms with E-state index in [1.165, 1.54) is 0 Å². The zero-order valence-corrected chi connectivity index (χ0v) is 18.3. The molecule has 0 amide bonds. The van der Waals surface area contributed by atoms with Gasteiger partial charge in [0.05, 0.1) is 0 Å². The van der Waals surface area contributed by atoms with Crippen molar-refractivity contribution in [1.82, 2.24) is 0 Å². The van der Waals surface area contributed by atoms with Crippen molar-refractivity contribution in [1.29, 1.82) is 0 Å².